The molecule has 2 N–H and O–H groups in total. The van der Waals surface area contributed by atoms with Crippen LogP contribution in [0.4, 0.5) is 11.4 Å². The monoisotopic (exact) mass is 528 g/mol. The molecule has 0 atom stereocenters. The van der Waals surface area contributed by atoms with Crippen LogP contribution in [-0.4, -0.2) is 42.3 Å². The highest BCUT2D eigenvalue weighted by atomic mass is 16.2. The Kier molecular flexibility index (Phi) is 6.93. The van der Waals surface area contributed by atoms with Gasteiger partial charge in [-0.1, -0.05) is 54.6 Å². The molecule has 0 bridgehead atoms. The fraction of sp³-hybridized carbons (Fsp3) is 0.176. The zero-order valence-electron chi connectivity index (χ0n) is 22.8. The van der Waals surface area contributed by atoms with Gasteiger partial charge in [-0.2, -0.15) is 0 Å². The van der Waals surface area contributed by atoms with Crippen molar-refractivity contribution in [2.45, 2.75) is 19.4 Å². The van der Waals surface area contributed by atoms with Crippen LogP contribution in [0.3, 0.4) is 0 Å². The fourth-order valence-corrected chi connectivity index (χ4v) is 5.65. The normalized spacial score (nSPS) is 12.9. The molecule has 0 saturated carbocycles. The van der Waals surface area contributed by atoms with Crippen LogP contribution >= 0.6 is 0 Å². The number of rotatable bonds is 6. The van der Waals surface area contributed by atoms with Crippen molar-refractivity contribution in [3.8, 4) is 11.1 Å². The number of carbonyl (C=O) groups excluding carboxylic acids is 2. The summed E-state index contributed by atoms with van der Waals surface area (Å²) in [6.45, 7) is 1.49. The van der Waals surface area contributed by atoms with Crippen LogP contribution in [-0.2, 0) is 13.0 Å². The molecule has 40 heavy (non-hydrogen) atoms. The molecule has 2 amide bonds. The number of nitrogens with zero attached hydrogens (tertiary/aromatic N) is 2. The number of aromatic nitrogens is 1. The summed E-state index contributed by atoms with van der Waals surface area (Å²) < 4.78 is 0. The molecule has 6 nitrogen and oxygen atoms in total. The van der Waals surface area contributed by atoms with E-state index in [0.29, 0.717) is 23.4 Å². The third-order valence-electron chi connectivity index (χ3n) is 7.46. The minimum absolute atomic E-state index is 0.0389. The van der Waals surface area contributed by atoms with E-state index in [-0.39, 0.29) is 11.8 Å². The van der Waals surface area contributed by atoms with Crippen molar-refractivity contribution in [1.29, 1.82) is 0 Å². The Bertz CT molecular complexity index is 1690. The summed E-state index contributed by atoms with van der Waals surface area (Å²) in [6, 6.07) is 30.8. The number of H-pyrrole nitrogens is 1. The van der Waals surface area contributed by atoms with Gasteiger partial charge in [-0.3, -0.25) is 9.59 Å². The summed E-state index contributed by atoms with van der Waals surface area (Å²) in [6.07, 6.45) is 1.82. The Morgan fingerprint density at radius 2 is 1.62 bits per heavy atom. The summed E-state index contributed by atoms with van der Waals surface area (Å²) in [7, 11) is 4.14. The van der Waals surface area contributed by atoms with Crippen LogP contribution < -0.4 is 10.2 Å². The number of hydrogen-bond donors (Lipinski definition) is 2. The van der Waals surface area contributed by atoms with Gasteiger partial charge < -0.3 is 20.1 Å². The lowest BCUT2D eigenvalue weighted by molar-refractivity contribution is 0.0986. The molecule has 6 rings (SSSR count). The van der Waals surface area contributed by atoms with E-state index >= 15 is 0 Å². The molecule has 0 spiro atoms. The first-order chi connectivity index (χ1) is 19.5. The standard InChI is InChI=1S/C34H32N4O2/c1-37(2)22-30-28-14-9-21-38(31-16-8-15-29(36-30)32(28)31)34(40)24-17-19-25(20-18-24)35-33(39)27-13-7-6-12-26(27)23-10-4-3-5-11-23/h3-8,10-13,15-20,36H,9,14,21-22H2,1-2H3,(H,35,39). The van der Waals surface area contributed by atoms with Crippen LogP contribution in [0.25, 0.3) is 22.0 Å². The summed E-state index contributed by atoms with van der Waals surface area (Å²) in [5.41, 5.74) is 8.24. The third-order valence-corrected chi connectivity index (χ3v) is 7.46. The van der Waals surface area contributed by atoms with E-state index in [0.717, 1.165) is 47.1 Å². The lowest BCUT2D eigenvalue weighted by Crippen LogP contribution is -2.31. The number of aromatic amines is 1. The van der Waals surface area contributed by atoms with Gasteiger partial charge in [-0.15, -0.1) is 0 Å². The van der Waals surface area contributed by atoms with Gasteiger partial charge in [0, 0.05) is 46.5 Å². The number of carbonyl (C=O) groups is 2. The van der Waals surface area contributed by atoms with E-state index < -0.39 is 0 Å². The quantitative estimate of drug-likeness (QED) is 0.256. The van der Waals surface area contributed by atoms with Crippen molar-refractivity contribution in [1.82, 2.24) is 9.88 Å². The first kappa shape index (κ1) is 25.6. The Labute approximate surface area is 234 Å². The van der Waals surface area contributed by atoms with E-state index in [2.05, 4.69) is 35.4 Å². The number of hydrogen-bond acceptors (Lipinski definition) is 3. The predicted octanol–water partition coefficient (Wildman–Crippen LogP) is 6.74. The largest absolute Gasteiger partial charge is 0.357 e. The SMILES string of the molecule is CN(C)Cc1[nH]c2cccc3c2c1CCCN3C(=O)c1ccc(NC(=O)c2ccccc2-c2ccccc2)cc1. The maximum Gasteiger partial charge on any atom is 0.258 e. The second-order valence-electron chi connectivity index (χ2n) is 10.5. The molecular formula is C34H32N4O2. The first-order valence-electron chi connectivity index (χ1n) is 13.6. The predicted molar refractivity (Wildman–Crippen MR) is 162 cm³/mol. The molecule has 4 aromatic carbocycles. The molecule has 200 valence electrons. The molecule has 2 heterocycles. The van der Waals surface area contributed by atoms with Gasteiger partial charge in [0.2, 0.25) is 0 Å². The highest BCUT2D eigenvalue weighted by molar-refractivity contribution is 6.12. The van der Waals surface area contributed by atoms with E-state index in [4.69, 9.17) is 0 Å². The minimum Gasteiger partial charge on any atom is -0.357 e. The summed E-state index contributed by atoms with van der Waals surface area (Å²) in [4.78, 5) is 34.6. The third kappa shape index (κ3) is 4.90. The van der Waals surface area contributed by atoms with Gasteiger partial charge in [0.15, 0.2) is 0 Å². The topological polar surface area (TPSA) is 68.4 Å². The number of benzene rings is 4. The summed E-state index contributed by atoms with van der Waals surface area (Å²) >= 11 is 0. The van der Waals surface area contributed by atoms with E-state index in [9.17, 15) is 9.59 Å². The maximum atomic E-state index is 13.8. The van der Waals surface area contributed by atoms with Crippen molar-refractivity contribution in [2.75, 3.05) is 30.9 Å². The highest BCUT2D eigenvalue weighted by Crippen LogP contribution is 2.36. The molecule has 1 aliphatic heterocycles. The summed E-state index contributed by atoms with van der Waals surface area (Å²) in [5.74, 6) is -0.228. The van der Waals surface area contributed by atoms with Crippen LogP contribution in [0.1, 0.15) is 38.4 Å². The molecule has 6 heteroatoms. The van der Waals surface area contributed by atoms with E-state index in [1.807, 2.05) is 71.6 Å². The van der Waals surface area contributed by atoms with Gasteiger partial charge in [-0.25, -0.2) is 0 Å². The van der Waals surface area contributed by atoms with Crippen LogP contribution in [0.5, 0.6) is 0 Å². The Morgan fingerprint density at radius 3 is 2.40 bits per heavy atom. The van der Waals surface area contributed by atoms with Gasteiger partial charge in [-0.05, 0) is 86.1 Å². The second kappa shape index (κ2) is 10.8. The smallest absolute Gasteiger partial charge is 0.258 e. The van der Waals surface area contributed by atoms with Crippen molar-refractivity contribution in [2.24, 2.45) is 0 Å². The molecule has 0 unspecified atom stereocenters. The molecule has 1 aromatic heterocycles. The molecular weight excluding hydrogens is 496 g/mol. The fourth-order valence-electron chi connectivity index (χ4n) is 5.65. The average Bonchev–Trinajstić information content (AvgIpc) is 3.19. The van der Waals surface area contributed by atoms with Crippen molar-refractivity contribution >= 4 is 34.1 Å². The molecule has 0 aliphatic carbocycles. The van der Waals surface area contributed by atoms with E-state index in [1.165, 1.54) is 11.3 Å². The summed E-state index contributed by atoms with van der Waals surface area (Å²) in [5, 5.41) is 4.14. The maximum absolute atomic E-state index is 13.8. The Morgan fingerprint density at radius 1 is 0.875 bits per heavy atom. The minimum atomic E-state index is -0.189. The Hall–Kier alpha value is -4.68. The second-order valence-corrected chi connectivity index (χ2v) is 10.5. The van der Waals surface area contributed by atoms with Crippen molar-refractivity contribution in [3.05, 3.63) is 119 Å². The van der Waals surface area contributed by atoms with Crippen LogP contribution in [0, 0.1) is 0 Å². The van der Waals surface area contributed by atoms with Gasteiger partial charge in [0.1, 0.15) is 0 Å². The molecule has 5 aromatic rings. The lowest BCUT2D eigenvalue weighted by Gasteiger charge is -2.22. The molecule has 1 aliphatic rings. The number of nitrogens with one attached hydrogen (secondary N) is 2. The average molecular weight is 529 g/mol. The van der Waals surface area contributed by atoms with Crippen molar-refractivity contribution < 1.29 is 9.59 Å². The van der Waals surface area contributed by atoms with Crippen molar-refractivity contribution in [3.63, 3.8) is 0 Å². The Balaban J connectivity index is 1.24. The number of aryl methyl sites for hydroxylation is 1. The first-order valence-corrected chi connectivity index (χ1v) is 13.6. The molecule has 0 saturated heterocycles. The molecule has 0 fully saturated rings. The van der Waals surface area contributed by atoms with Crippen LogP contribution in [0.2, 0.25) is 0 Å². The zero-order chi connectivity index (χ0) is 27.6. The van der Waals surface area contributed by atoms with E-state index in [1.54, 1.807) is 24.3 Å². The number of anilines is 2. The van der Waals surface area contributed by atoms with Gasteiger partial charge in [0.25, 0.3) is 11.8 Å². The lowest BCUT2D eigenvalue weighted by atomic mass is 9.99. The highest BCUT2D eigenvalue weighted by Gasteiger charge is 2.26. The van der Waals surface area contributed by atoms with Gasteiger partial charge >= 0.3 is 0 Å². The van der Waals surface area contributed by atoms with Gasteiger partial charge in [0.05, 0.1) is 5.69 Å². The molecule has 0 radical (unpaired) electrons. The number of amides is 2. The van der Waals surface area contributed by atoms with Crippen LogP contribution in [0.15, 0.2) is 97.1 Å². The zero-order valence-corrected chi connectivity index (χ0v) is 22.8.